The quantitative estimate of drug-likeness (QED) is 0.599. The lowest BCUT2D eigenvalue weighted by Crippen LogP contribution is -2.27. The van der Waals surface area contributed by atoms with Crippen molar-refractivity contribution in [1.82, 2.24) is 5.32 Å². The van der Waals surface area contributed by atoms with Gasteiger partial charge in [0.05, 0.1) is 4.92 Å². The summed E-state index contributed by atoms with van der Waals surface area (Å²) in [6.45, 7) is 4.76. The van der Waals surface area contributed by atoms with Gasteiger partial charge in [0.15, 0.2) is 0 Å². The second-order valence-electron chi connectivity index (χ2n) is 4.32. The number of hydrogen-bond acceptors (Lipinski definition) is 3. The normalized spacial score (nSPS) is 12.4. The van der Waals surface area contributed by atoms with Crippen LogP contribution in [-0.4, -0.2) is 11.0 Å². The molecule has 0 aliphatic carbocycles. The molecule has 0 aromatic heterocycles. The number of nitrogens with one attached hydrogen (secondary N) is 1. The third-order valence-electron chi connectivity index (χ3n) is 2.93. The van der Waals surface area contributed by atoms with E-state index < -0.39 is 16.4 Å². The lowest BCUT2D eigenvalue weighted by atomic mass is 10.1. The summed E-state index contributed by atoms with van der Waals surface area (Å²) < 4.78 is 13.4. The maximum atomic E-state index is 13.4. The van der Waals surface area contributed by atoms with Gasteiger partial charge in [-0.3, -0.25) is 10.1 Å². The van der Waals surface area contributed by atoms with Gasteiger partial charge >= 0.3 is 5.69 Å². The molecular formula is C13H19FN2O2. The summed E-state index contributed by atoms with van der Waals surface area (Å²) in [4.78, 5) is 9.77. The summed E-state index contributed by atoms with van der Waals surface area (Å²) >= 11 is 0. The van der Waals surface area contributed by atoms with Crippen LogP contribution in [0.1, 0.15) is 38.7 Å². The molecule has 0 saturated heterocycles. The zero-order valence-electron chi connectivity index (χ0n) is 10.8. The fourth-order valence-corrected chi connectivity index (χ4v) is 1.87. The fourth-order valence-electron chi connectivity index (χ4n) is 1.87. The third-order valence-corrected chi connectivity index (χ3v) is 2.93. The number of halogens is 1. The zero-order valence-corrected chi connectivity index (χ0v) is 10.8. The average molecular weight is 254 g/mol. The van der Waals surface area contributed by atoms with Gasteiger partial charge in [-0.1, -0.05) is 26.3 Å². The van der Waals surface area contributed by atoms with Gasteiger partial charge in [0, 0.05) is 18.7 Å². The smallest absolute Gasteiger partial charge is 0.304 e. The molecule has 0 heterocycles. The number of hydrogen-bond donors (Lipinski definition) is 1. The van der Waals surface area contributed by atoms with Crippen LogP contribution in [0.2, 0.25) is 0 Å². The summed E-state index contributed by atoms with van der Waals surface area (Å²) in [6, 6.07) is 4.44. The van der Waals surface area contributed by atoms with Crippen LogP contribution in [0.15, 0.2) is 18.2 Å². The molecule has 0 bridgehead atoms. The number of nitro groups is 1. The van der Waals surface area contributed by atoms with E-state index in [4.69, 9.17) is 0 Å². The van der Waals surface area contributed by atoms with E-state index >= 15 is 0 Å². The molecule has 0 radical (unpaired) electrons. The van der Waals surface area contributed by atoms with Crippen molar-refractivity contribution in [3.8, 4) is 0 Å². The summed E-state index contributed by atoms with van der Waals surface area (Å²) in [6.07, 6.45) is 3.19. The van der Waals surface area contributed by atoms with E-state index in [-0.39, 0.29) is 0 Å². The highest BCUT2D eigenvalue weighted by Gasteiger charge is 2.14. The first-order chi connectivity index (χ1) is 8.58. The van der Waals surface area contributed by atoms with Crippen molar-refractivity contribution in [3.05, 3.63) is 39.7 Å². The van der Waals surface area contributed by atoms with Crippen LogP contribution < -0.4 is 5.32 Å². The molecule has 0 amide bonds. The van der Waals surface area contributed by atoms with Crippen LogP contribution in [0.5, 0.6) is 0 Å². The lowest BCUT2D eigenvalue weighted by Gasteiger charge is -2.15. The van der Waals surface area contributed by atoms with Crippen LogP contribution >= 0.6 is 0 Å². The van der Waals surface area contributed by atoms with Crippen LogP contribution in [0.25, 0.3) is 0 Å². The van der Waals surface area contributed by atoms with Gasteiger partial charge in [-0.2, -0.15) is 4.39 Å². The van der Waals surface area contributed by atoms with Crippen molar-refractivity contribution in [3.63, 3.8) is 0 Å². The van der Waals surface area contributed by atoms with Crippen molar-refractivity contribution < 1.29 is 9.31 Å². The monoisotopic (exact) mass is 254 g/mol. The van der Waals surface area contributed by atoms with Crippen molar-refractivity contribution in [1.29, 1.82) is 0 Å². The summed E-state index contributed by atoms with van der Waals surface area (Å²) in [5.41, 5.74) is 0.256. The summed E-state index contributed by atoms with van der Waals surface area (Å²) in [7, 11) is 0. The minimum Gasteiger partial charge on any atom is -0.310 e. The van der Waals surface area contributed by atoms with Crippen molar-refractivity contribution >= 4 is 5.69 Å². The first-order valence-corrected chi connectivity index (χ1v) is 6.24. The maximum Gasteiger partial charge on any atom is 0.304 e. The molecule has 0 aliphatic heterocycles. The van der Waals surface area contributed by atoms with Crippen LogP contribution in [0, 0.1) is 15.9 Å². The first kappa shape index (κ1) is 14.6. The first-order valence-electron chi connectivity index (χ1n) is 6.24. The molecule has 5 heteroatoms. The van der Waals surface area contributed by atoms with Gasteiger partial charge in [-0.15, -0.1) is 0 Å². The van der Waals surface area contributed by atoms with Crippen molar-refractivity contribution in [2.24, 2.45) is 0 Å². The Morgan fingerprint density at radius 3 is 2.67 bits per heavy atom. The van der Waals surface area contributed by atoms with Gasteiger partial charge in [0.1, 0.15) is 0 Å². The molecule has 1 aromatic carbocycles. The SMILES string of the molecule is CCCC(CC)NCc1ccc([N+](=O)[O-])c(F)c1. The second kappa shape index (κ2) is 7.06. The molecule has 1 N–H and O–H groups in total. The molecule has 18 heavy (non-hydrogen) atoms. The minimum absolute atomic E-state index is 0.410. The second-order valence-corrected chi connectivity index (χ2v) is 4.32. The van der Waals surface area contributed by atoms with Crippen LogP contribution in [0.4, 0.5) is 10.1 Å². The van der Waals surface area contributed by atoms with Gasteiger partial charge in [0.25, 0.3) is 0 Å². The molecule has 1 unspecified atom stereocenters. The zero-order chi connectivity index (χ0) is 13.5. The number of rotatable bonds is 7. The molecule has 1 aromatic rings. The highest BCUT2D eigenvalue weighted by atomic mass is 19.1. The fraction of sp³-hybridized carbons (Fsp3) is 0.538. The van der Waals surface area contributed by atoms with Gasteiger partial charge in [-0.05, 0) is 24.5 Å². The van der Waals surface area contributed by atoms with E-state index in [2.05, 4.69) is 19.2 Å². The average Bonchev–Trinajstić information content (AvgIpc) is 2.34. The van der Waals surface area contributed by atoms with Crippen molar-refractivity contribution in [2.45, 2.75) is 45.7 Å². The summed E-state index contributed by atoms with van der Waals surface area (Å²) in [5, 5.41) is 13.8. The molecule has 1 atom stereocenters. The molecule has 0 spiro atoms. The predicted molar refractivity (Wildman–Crippen MR) is 68.9 cm³/mol. The molecule has 100 valence electrons. The molecular weight excluding hydrogens is 235 g/mol. The Balaban J connectivity index is 2.63. The Hall–Kier alpha value is -1.49. The Kier molecular flexibility index (Phi) is 5.71. The van der Waals surface area contributed by atoms with E-state index in [9.17, 15) is 14.5 Å². The van der Waals surface area contributed by atoms with Crippen molar-refractivity contribution in [2.75, 3.05) is 0 Å². The molecule has 4 nitrogen and oxygen atoms in total. The van der Waals surface area contributed by atoms with Crippen LogP contribution in [-0.2, 0) is 6.54 Å². The number of benzene rings is 1. The standard InChI is InChI=1S/C13H19FN2O2/c1-3-5-11(4-2)15-9-10-6-7-13(16(17)18)12(14)8-10/h6-8,11,15H,3-5,9H2,1-2H3. The summed E-state index contributed by atoms with van der Waals surface area (Å²) in [5.74, 6) is -0.775. The Labute approximate surface area is 106 Å². The lowest BCUT2D eigenvalue weighted by molar-refractivity contribution is -0.387. The topological polar surface area (TPSA) is 55.2 Å². The van der Waals surface area contributed by atoms with E-state index in [1.165, 1.54) is 12.1 Å². The molecule has 0 fully saturated rings. The van der Waals surface area contributed by atoms with E-state index in [0.29, 0.717) is 12.6 Å². The number of nitro benzene ring substituents is 1. The van der Waals surface area contributed by atoms with Gasteiger partial charge < -0.3 is 5.32 Å². The third kappa shape index (κ3) is 4.07. The van der Waals surface area contributed by atoms with Gasteiger partial charge in [0.2, 0.25) is 5.82 Å². The Bertz CT molecular complexity index is 410. The van der Waals surface area contributed by atoms with Crippen LogP contribution in [0.3, 0.4) is 0 Å². The maximum absolute atomic E-state index is 13.4. The van der Waals surface area contributed by atoms with Gasteiger partial charge in [-0.25, -0.2) is 0 Å². The highest BCUT2D eigenvalue weighted by Crippen LogP contribution is 2.18. The minimum atomic E-state index is -0.775. The van der Waals surface area contributed by atoms with E-state index in [1.807, 2.05) is 0 Å². The predicted octanol–water partition coefficient (Wildman–Crippen LogP) is 3.40. The Morgan fingerprint density at radius 1 is 1.44 bits per heavy atom. The van der Waals surface area contributed by atoms with E-state index in [0.717, 1.165) is 24.8 Å². The largest absolute Gasteiger partial charge is 0.310 e. The highest BCUT2D eigenvalue weighted by molar-refractivity contribution is 5.34. The molecule has 0 saturated carbocycles. The molecule has 1 rings (SSSR count). The Morgan fingerprint density at radius 2 is 2.17 bits per heavy atom. The van der Waals surface area contributed by atoms with E-state index in [1.54, 1.807) is 6.07 Å². The number of nitrogens with zero attached hydrogens (tertiary/aromatic N) is 1. The molecule has 0 aliphatic rings.